The van der Waals surface area contributed by atoms with Crippen molar-refractivity contribution in [2.45, 2.75) is 59.8 Å². The number of aryl methyl sites for hydroxylation is 1. The molecular formula is C21H27NO3. The Balaban J connectivity index is 2.14. The van der Waals surface area contributed by atoms with Gasteiger partial charge >= 0.3 is 0 Å². The van der Waals surface area contributed by atoms with Gasteiger partial charge in [0.2, 0.25) is 5.78 Å². The molecule has 0 bridgehead atoms. The van der Waals surface area contributed by atoms with Gasteiger partial charge in [-0.05, 0) is 55.2 Å². The van der Waals surface area contributed by atoms with E-state index in [0.29, 0.717) is 18.4 Å². The van der Waals surface area contributed by atoms with E-state index in [0.717, 1.165) is 24.8 Å². The molecule has 1 N–H and O–H groups in total. The van der Waals surface area contributed by atoms with Crippen molar-refractivity contribution in [2.24, 2.45) is 22.2 Å². The van der Waals surface area contributed by atoms with Crippen molar-refractivity contribution in [2.75, 3.05) is 0 Å². The Labute approximate surface area is 149 Å². The molecule has 25 heavy (non-hydrogen) atoms. The summed E-state index contributed by atoms with van der Waals surface area (Å²) in [5.74, 6) is -0.702. The minimum atomic E-state index is -0.843. The van der Waals surface area contributed by atoms with Crippen LogP contribution in [0.4, 0.5) is 0 Å². The van der Waals surface area contributed by atoms with Gasteiger partial charge in [0.05, 0.1) is 24.0 Å². The molecule has 0 aromatic carbocycles. The summed E-state index contributed by atoms with van der Waals surface area (Å²) in [6.45, 7) is 8.04. The van der Waals surface area contributed by atoms with E-state index in [1.807, 2.05) is 6.07 Å². The number of nitrogens with zero attached hydrogens (tertiary/aromatic N) is 1. The lowest BCUT2D eigenvalue weighted by Gasteiger charge is -2.59. The third-order valence-corrected chi connectivity index (χ3v) is 6.96. The molecule has 134 valence electrons. The first-order chi connectivity index (χ1) is 11.7. The molecule has 2 aliphatic carbocycles. The van der Waals surface area contributed by atoms with Crippen molar-refractivity contribution < 1.29 is 14.3 Å². The largest absolute Gasteiger partial charge is 0.504 e. The number of furan rings is 1. The molecule has 0 aliphatic heterocycles. The SMILES string of the molecule is CC1=C(O)C(=O)[C@H]2C(C)(C)CCC[C@]2(C)[C@@]1(C#N)CCc1ccoc1. The van der Waals surface area contributed by atoms with Gasteiger partial charge in [-0.25, -0.2) is 0 Å². The lowest BCUT2D eigenvalue weighted by Crippen LogP contribution is -2.58. The smallest absolute Gasteiger partial charge is 0.201 e. The molecule has 4 heteroatoms. The first-order valence-corrected chi connectivity index (χ1v) is 9.06. The Kier molecular flexibility index (Phi) is 4.10. The second-order valence-corrected chi connectivity index (χ2v) is 8.68. The second-order valence-electron chi connectivity index (χ2n) is 8.68. The van der Waals surface area contributed by atoms with Gasteiger partial charge in [0, 0.05) is 11.3 Å². The second kappa shape index (κ2) is 5.76. The third kappa shape index (κ3) is 2.36. The average Bonchev–Trinajstić information content (AvgIpc) is 3.06. The lowest BCUT2D eigenvalue weighted by molar-refractivity contribution is -0.146. The maximum absolute atomic E-state index is 13.0. The summed E-state index contributed by atoms with van der Waals surface area (Å²) in [4.78, 5) is 13.0. The Morgan fingerprint density at radius 3 is 2.68 bits per heavy atom. The van der Waals surface area contributed by atoms with Crippen molar-refractivity contribution in [1.29, 1.82) is 5.26 Å². The van der Waals surface area contributed by atoms with Gasteiger partial charge in [0.15, 0.2) is 5.76 Å². The number of fused-ring (bicyclic) bond motifs is 1. The normalized spacial score (nSPS) is 34.5. The van der Waals surface area contributed by atoms with Crippen LogP contribution in [0.5, 0.6) is 0 Å². The number of aliphatic hydroxyl groups excluding tert-OH is 1. The van der Waals surface area contributed by atoms with E-state index >= 15 is 0 Å². The lowest BCUT2D eigenvalue weighted by atomic mass is 9.42. The number of aliphatic hydroxyl groups is 1. The molecule has 0 amide bonds. The first kappa shape index (κ1) is 17.8. The van der Waals surface area contributed by atoms with E-state index in [9.17, 15) is 15.2 Å². The van der Waals surface area contributed by atoms with Gasteiger partial charge in [-0.3, -0.25) is 4.79 Å². The summed E-state index contributed by atoms with van der Waals surface area (Å²) in [5.41, 5.74) is 0.0378. The van der Waals surface area contributed by atoms with Gasteiger partial charge in [0.25, 0.3) is 0 Å². The molecule has 3 rings (SSSR count). The van der Waals surface area contributed by atoms with Crippen LogP contribution in [0.1, 0.15) is 58.9 Å². The number of carbonyl (C=O) groups is 1. The first-order valence-electron chi connectivity index (χ1n) is 9.06. The van der Waals surface area contributed by atoms with Crippen LogP contribution in [0.2, 0.25) is 0 Å². The molecule has 2 aliphatic rings. The Morgan fingerprint density at radius 1 is 1.36 bits per heavy atom. The van der Waals surface area contributed by atoms with Gasteiger partial charge in [-0.2, -0.15) is 5.26 Å². The van der Waals surface area contributed by atoms with E-state index < -0.39 is 10.8 Å². The number of hydrogen-bond donors (Lipinski definition) is 1. The van der Waals surface area contributed by atoms with Gasteiger partial charge in [0.1, 0.15) is 0 Å². The number of ketones is 1. The van der Waals surface area contributed by atoms with Gasteiger partial charge in [-0.15, -0.1) is 0 Å². The predicted octanol–water partition coefficient (Wildman–Crippen LogP) is 4.97. The number of nitriles is 1. The Morgan fingerprint density at radius 2 is 2.08 bits per heavy atom. The number of carbonyl (C=O) groups excluding carboxylic acids is 1. The number of allylic oxidation sites excluding steroid dienone is 2. The van der Waals surface area contributed by atoms with Crippen LogP contribution in [0.3, 0.4) is 0 Å². The Hall–Kier alpha value is -2.02. The van der Waals surface area contributed by atoms with Crippen molar-refractivity contribution >= 4 is 5.78 Å². The zero-order chi connectivity index (χ0) is 18.5. The highest BCUT2D eigenvalue weighted by molar-refractivity contribution is 5.98. The zero-order valence-corrected chi connectivity index (χ0v) is 15.6. The van der Waals surface area contributed by atoms with Crippen LogP contribution in [0, 0.1) is 33.5 Å². The van der Waals surface area contributed by atoms with Crippen molar-refractivity contribution in [3.63, 3.8) is 0 Å². The van der Waals surface area contributed by atoms with Gasteiger partial charge < -0.3 is 9.52 Å². The quantitative estimate of drug-likeness (QED) is 0.842. The highest BCUT2D eigenvalue weighted by Gasteiger charge is 2.64. The van der Waals surface area contributed by atoms with E-state index in [-0.39, 0.29) is 22.9 Å². The number of rotatable bonds is 3. The van der Waals surface area contributed by atoms with Crippen LogP contribution in [-0.4, -0.2) is 10.9 Å². The molecule has 1 aromatic heterocycles. The summed E-state index contributed by atoms with van der Waals surface area (Å²) in [6, 6.07) is 4.46. The van der Waals surface area contributed by atoms with Gasteiger partial charge in [-0.1, -0.05) is 27.2 Å². The molecule has 0 radical (unpaired) electrons. The molecule has 0 saturated heterocycles. The summed E-state index contributed by atoms with van der Waals surface area (Å²) in [6.07, 6.45) is 7.36. The van der Waals surface area contributed by atoms with Crippen LogP contribution in [0.25, 0.3) is 0 Å². The molecule has 1 aromatic rings. The predicted molar refractivity (Wildman–Crippen MR) is 94.6 cm³/mol. The fourth-order valence-corrected chi connectivity index (χ4v) is 5.63. The molecule has 4 nitrogen and oxygen atoms in total. The maximum atomic E-state index is 13.0. The third-order valence-electron chi connectivity index (χ3n) is 6.96. The molecule has 1 fully saturated rings. The minimum Gasteiger partial charge on any atom is -0.504 e. The summed E-state index contributed by atoms with van der Waals surface area (Å²) < 4.78 is 5.15. The average molecular weight is 341 g/mol. The van der Waals surface area contributed by atoms with E-state index in [4.69, 9.17) is 4.42 Å². The van der Waals surface area contributed by atoms with Crippen LogP contribution in [-0.2, 0) is 11.2 Å². The zero-order valence-electron chi connectivity index (χ0n) is 15.6. The number of Topliss-reactive ketones (excluding diaryl/α,β-unsaturated/α-hetero) is 1. The van der Waals surface area contributed by atoms with Crippen molar-refractivity contribution in [3.8, 4) is 6.07 Å². The summed E-state index contributed by atoms with van der Waals surface area (Å²) in [5, 5.41) is 20.9. The van der Waals surface area contributed by atoms with E-state index in [1.54, 1.807) is 19.5 Å². The molecule has 1 heterocycles. The van der Waals surface area contributed by atoms with Crippen LogP contribution in [0.15, 0.2) is 34.3 Å². The fraction of sp³-hybridized carbons (Fsp3) is 0.619. The standard InChI is InChI=1S/C21H27NO3/c1-14-16(23)17(24)18-19(2,3)8-5-9-20(18,4)21(14,13-22)10-6-15-7-11-25-12-15/h7,11-12,18,23H,5-6,8-10H2,1-4H3/t18-,20-,21+/m0/s1. The van der Waals surface area contributed by atoms with Crippen LogP contribution < -0.4 is 0 Å². The molecule has 1 saturated carbocycles. The minimum absolute atomic E-state index is 0.182. The van der Waals surface area contributed by atoms with Crippen LogP contribution >= 0.6 is 0 Å². The monoisotopic (exact) mass is 341 g/mol. The van der Waals surface area contributed by atoms with E-state index in [1.165, 1.54) is 0 Å². The van der Waals surface area contributed by atoms with Crippen molar-refractivity contribution in [1.82, 2.24) is 0 Å². The highest BCUT2D eigenvalue weighted by atomic mass is 16.3. The number of hydrogen-bond acceptors (Lipinski definition) is 4. The van der Waals surface area contributed by atoms with E-state index in [2.05, 4.69) is 26.8 Å². The summed E-state index contributed by atoms with van der Waals surface area (Å²) >= 11 is 0. The summed E-state index contributed by atoms with van der Waals surface area (Å²) in [7, 11) is 0. The molecule has 0 unspecified atom stereocenters. The molecule has 3 atom stereocenters. The molecular weight excluding hydrogens is 314 g/mol. The fourth-order valence-electron chi connectivity index (χ4n) is 5.63. The highest BCUT2D eigenvalue weighted by Crippen LogP contribution is 2.65. The molecule has 0 spiro atoms. The topological polar surface area (TPSA) is 74.2 Å². The maximum Gasteiger partial charge on any atom is 0.201 e. The van der Waals surface area contributed by atoms with Crippen molar-refractivity contribution in [3.05, 3.63) is 35.5 Å². The Bertz CT molecular complexity index is 753.